The molecule has 1 amide bonds. The van der Waals surface area contributed by atoms with Crippen molar-refractivity contribution in [3.8, 4) is 11.5 Å². The second-order valence-corrected chi connectivity index (χ2v) is 6.64. The van der Waals surface area contributed by atoms with Crippen LogP contribution in [0, 0.1) is 5.82 Å². The van der Waals surface area contributed by atoms with Gasteiger partial charge >= 0.3 is 0 Å². The van der Waals surface area contributed by atoms with E-state index in [9.17, 15) is 19.4 Å². The number of aryl methyl sites for hydroxylation is 1. The van der Waals surface area contributed by atoms with E-state index in [0.717, 1.165) is 30.8 Å². The van der Waals surface area contributed by atoms with Crippen LogP contribution >= 0.6 is 0 Å². The molecule has 1 fully saturated rings. The molecule has 0 bridgehead atoms. The molecule has 0 aliphatic carbocycles. The number of hydrogen-bond acceptors (Lipinski definition) is 4. The molecule has 3 rings (SSSR count). The number of piperazine rings is 1. The van der Waals surface area contributed by atoms with Gasteiger partial charge in [0.05, 0.1) is 0 Å². The lowest BCUT2D eigenvalue weighted by molar-refractivity contribution is -0.133. The second kappa shape index (κ2) is 8.19. The minimum Gasteiger partial charge on any atom is -0.508 e. The Kier molecular flexibility index (Phi) is 5.73. The molecule has 2 aromatic rings. The quantitative estimate of drug-likeness (QED) is 0.862. The number of carbonyl (C=O) groups excluding carboxylic acids is 1. The molecule has 0 atom stereocenters. The van der Waals surface area contributed by atoms with E-state index in [-0.39, 0.29) is 23.2 Å². The Morgan fingerprint density at radius 1 is 0.923 bits per heavy atom. The van der Waals surface area contributed by atoms with Crippen molar-refractivity contribution in [1.82, 2.24) is 9.80 Å². The summed E-state index contributed by atoms with van der Waals surface area (Å²) in [5, 5.41) is 19.0. The highest BCUT2D eigenvalue weighted by Gasteiger charge is 2.21. The summed E-state index contributed by atoms with van der Waals surface area (Å²) >= 11 is 0. The van der Waals surface area contributed by atoms with Crippen molar-refractivity contribution in [1.29, 1.82) is 0 Å². The molecule has 2 N–H and O–H groups in total. The summed E-state index contributed by atoms with van der Waals surface area (Å²) in [5.74, 6) is -0.151. The van der Waals surface area contributed by atoms with E-state index >= 15 is 0 Å². The first-order valence-electron chi connectivity index (χ1n) is 8.76. The van der Waals surface area contributed by atoms with Crippen molar-refractivity contribution < 1.29 is 19.4 Å². The van der Waals surface area contributed by atoms with Crippen LogP contribution < -0.4 is 0 Å². The molecule has 0 aromatic heterocycles. The van der Waals surface area contributed by atoms with Crippen LogP contribution in [0.25, 0.3) is 0 Å². The summed E-state index contributed by atoms with van der Waals surface area (Å²) in [6, 6.07) is 10.9. The lowest BCUT2D eigenvalue weighted by atomic mass is 10.1. The van der Waals surface area contributed by atoms with E-state index in [4.69, 9.17) is 0 Å². The Hall–Kier alpha value is -2.60. The minimum absolute atomic E-state index is 0.00172. The zero-order valence-electron chi connectivity index (χ0n) is 14.6. The summed E-state index contributed by atoms with van der Waals surface area (Å²) in [6.07, 6.45) is 0.831. The SMILES string of the molecule is O=C(CCc1cc(O)cc(O)c1)N1CCN(Cc2ccc(F)cc2)CC1. The Morgan fingerprint density at radius 2 is 1.54 bits per heavy atom. The number of rotatable bonds is 5. The maximum absolute atomic E-state index is 13.0. The van der Waals surface area contributed by atoms with Crippen molar-refractivity contribution in [2.24, 2.45) is 0 Å². The summed E-state index contributed by atoms with van der Waals surface area (Å²) in [5.41, 5.74) is 1.81. The number of nitrogens with zero attached hydrogens (tertiary/aromatic N) is 2. The van der Waals surface area contributed by atoms with Gasteiger partial charge < -0.3 is 15.1 Å². The summed E-state index contributed by atoms with van der Waals surface area (Å²) < 4.78 is 13.0. The van der Waals surface area contributed by atoms with Crippen LogP contribution in [0.3, 0.4) is 0 Å². The molecule has 2 aromatic carbocycles. The first kappa shape index (κ1) is 18.2. The van der Waals surface area contributed by atoms with Gasteiger partial charge in [-0.15, -0.1) is 0 Å². The average molecular weight is 358 g/mol. The van der Waals surface area contributed by atoms with Gasteiger partial charge in [-0.05, 0) is 41.8 Å². The number of aromatic hydroxyl groups is 2. The predicted molar refractivity (Wildman–Crippen MR) is 96.3 cm³/mol. The Balaban J connectivity index is 1.45. The van der Waals surface area contributed by atoms with Gasteiger partial charge in [-0.25, -0.2) is 4.39 Å². The fourth-order valence-corrected chi connectivity index (χ4v) is 3.21. The van der Waals surface area contributed by atoms with E-state index in [1.54, 1.807) is 24.3 Å². The monoisotopic (exact) mass is 358 g/mol. The van der Waals surface area contributed by atoms with E-state index in [1.165, 1.54) is 18.2 Å². The number of hydrogen-bond donors (Lipinski definition) is 2. The van der Waals surface area contributed by atoms with Gasteiger partial charge in [0.2, 0.25) is 5.91 Å². The maximum atomic E-state index is 13.0. The molecule has 1 aliphatic heterocycles. The van der Waals surface area contributed by atoms with Crippen LogP contribution in [0.15, 0.2) is 42.5 Å². The van der Waals surface area contributed by atoms with Crippen LogP contribution in [0.5, 0.6) is 11.5 Å². The summed E-state index contributed by atoms with van der Waals surface area (Å²) in [7, 11) is 0. The fourth-order valence-electron chi connectivity index (χ4n) is 3.21. The van der Waals surface area contributed by atoms with Gasteiger partial charge in [0.25, 0.3) is 0 Å². The van der Waals surface area contributed by atoms with Gasteiger partial charge in [-0.1, -0.05) is 12.1 Å². The zero-order chi connectivity index (χ0) is 18.5. The largest absolute Gasteiger partial charge is 0.508 e. The first-order chi connectivity index (χ1) is 12.5. The number of halogens is 1. The third-order valence-electron chi connectivity index (χ3n) is 4.63. The lowest BCUT2D eigenvalue weighted by Gasteiger charge is -2.34. The molecule has 6 heteroatoms. The van der Waals surface area contributed by atoms with Crippen molar-refractivity contribution in [3.63, 3.8) is 0 Å². The van der Waals surface area contributed by atoms with Crippen LogP contribution in [0.2, 0.25) is 0 Å². The number of phenolic OH excluding ortho intramolecular Hbond substituents is 2. The molecule has 138 valence electrons. The number of phenols is 2. The lowest BCUT2D eigenvalue weighted by Crippen LogP contribution is -2.48. The van der Waals surface area contributed by atoms with Crippen molar-refractivity contribution in [3.05, 3.63) is 59.4 Å². The number of benzene rings is 2. The summed E-state index contributed by atoms with van der Waals surface area (Å²) in [6.45, 7) is 3.67. The zero-order valence-corrected chi connectivity index (χ0v) is 14.6. The maximum Gasteiger partial charge on any atom is 0.222 e. The number of carbonyl (C=O) groups is 1. The smallest absolute Gasteiger partial charge is 0.222 e. The van der Waals surface area contributed by atoms with E-state index in [0.29, 0.717) is 25.9 Å². The molecule has 26 heavy (non-hydrogen) atoms. The van der Waals surface area contributed by atoms with Crippen LogP contribution in [0.1, 0.15) is 17.5 Å². The Bertz CT molecular complexity index is 736. The van der Waals surface area contributed by atoms with Gasteiger partial charge in [0.1, 0.15) is 17.3 Å². The molecule has 1 saturated heterocycles. The number of amides is 1. The summed E-state index contributed by atoms with van der Waals surface area (Å²) in [4.78, 5) is 16.5. The molecular weight excluding hydrogens is 335 g/mol. The molecule has 0 unspecified atom stereocenters. The molecule has 0 spiro atoms. The molecule has 1 heterocycles. The molecular formula is C20H23FN2O3. The standard InChI is InChI=1S/C20H23FN2O3/c21-17-4-1-15(2-5-17)14-22-7-9-23(10-8-22)20(26)6-3-16-11-18(24)13-19(25)12-16/h1-2,4-5,11-13,24-25H,3,6-10,14H2. The third-order valence-corrected chi connectivity index (χ3v) is 4.63. The highest BCUT2D eigenvalue weighted by molar-refractivity contribution is 5.76. The van der Waals surface area contributed by atoms with E-state index in [1.807, 2.05) is 4.90 Å². The topological polar surface area (TPSA) is 64.0 Å². The molecule has 0 radical (unpaired) electrons. The van der Waals surface area contributed by atoms with Gasteiger partial charge in [-0.2, -0.15) is 0 Å². The van der Waals surface area contributed by atoms with Crippen LogP contribution in [-0.4, -0.2) is 52.1 Å². The highest BCUT2D eigenvalue weighted by Crippen LogP contribution is 2.21. The van der Waals surface area contributed by atoms with E-state index in [2.05, 4.69) is 4.90 Å². The first-order valence-corrected chi connectivity index (χ1v) is 8.76. The van der Waals surface area contributed by atoms with Crippen molar-refractivity contribution >= 4 is 5.91 Å². The predicted octanol–water partition coefficient (Wildman–Crippen LogP) is 2.51. The second-order valence-electron chi connectivity index (χ2n) is 6.64. The molecule has 1 aliphatic rings. The Labute approximate surface area is 152 Å². The minimum atomic E-state index is -0.232. The van der Waals surface area contributed by atoms with Gasteiger partial charge in [0, 0.05) is 45.2 Å². The normalized spacial score (nSPS) is 15.2. The van der Waals surface area contributed by atoms with Crippen molar-refractivity contribution in [2.45, 2.75) is 19.4 Å². The average Bonchev–Trinajstić information content (AvgIpc) is 2.61. The highest BCUT2D eigenvalue weighted by atomic mass is 19.1. The Morgan fingerprint density at radius 3 is 2.15 bits per heavy atom. The van der Waals surface area contributed by atoms with E-state index < -0.39 is 0 Å². The van der Waals surface area contributed by atoms with Gasteiger partial charge in [0.15, 0.2) is 0 Å². The van der Waals surface area contributed by atoms with Gasteiger partial charge in [-0.3, -0.25) is 9.69 Å². The third kappa shape index (κ3) is 4.95. The van der Waals surface area contributed by atoms with Crippen LogP contribution in [0.4, 0.5) is 4.39 Å². The van der Waals surface area contributed by atoms with Crippen molar-refractivity contribution in [2.75, 3.05) is 26.2 Å². The molecule has 5 nitrogen and oxygen atoms in total. The fraction of sp³-hybridized carbons (Fsp3) is 0.350. The van der Waals surface area contributed by atoms with Crippen LogP contribution in [-0.2, 0) is 17.8 Å². The molecule has 0 saturated carbocycles.